The number of carbonyl (C=O) groups excluding carboxylic acids is 1. The second-order valence-corrected chi connectivity index (χ2v) is 5.74. The number of anilines is 1. The first-order chi connectivity index (χ1) is 6.79. The van der Waals surface area contributed by atoms with Gasteiger partial charge in [-0.1, -0.05) is 11.3 Å². The van der Waals surface area contributed by atoms with Crippen LogP contribution in [0, 0.1) is 0 Å². The molecule has 0 spiro atoms. The lowest BCUT2D eigenvalue weighted by atomic mass is 10.5. The summed E-state index contributed by atoms with van der Waals surface area (Å²) in [6, 6.07) is 0. The maximum absolute atomic E-state index is 11.1. The second-order valence-electron chi connectivity index (χ2n) is 3.00. The minimum atomic E-state index is -0.664. The summed E-state index contributed by atoms with van der Waals surface area (Å²) in [4.78, 5) is 17.3. The molecule has 1 aliphatic heterocycles. The maximum atomic E-state index is 11.1. The Bertz CT molecular complexity index is 354. The molecule has 76 valence electrons. The molecule has 0 atom stereocenters. The Kier molecular flexibility index (Phi) is 2.93. The van der Waals surface area contributed by atoms with E-state index in [4.69, 9.17) is 0 Å². The van der Waals surface area contributed by atoms with Crippen molar-refractivity contribution in [1.82, 2.24) is 4.98 Å². The highest BCUT2D eigenvalue weighted by molar-refractivity contribution is 7.85. The van der Waals surface area contributed by atoms with E-state index >= 15 is 0 Å². The molecule has 0 radical (unpaired) electrons. The van der Waals surface area contributed by atoms with Gasteiger partial charge in [-0.15, -0.1) is 0 Å². The Morgan fingerprint density at radius 3 is 2.79 bits per heavy atom. The van der Waals surface area contributed by atoms with Gasteiger partial charge < -0.3 is 4.90 Å². The smallest absolute Gasteiger partial charge is 0.185 e. The summed E-state index contributed by atoms with van der Waals surface area (Å²) >= 11 is 1.39. The van der Waals surface area contributed by atoms with Crippen molar-refractivity contribution in [1.29, 1.82) is 0 Å². The first kappa shape index (κ1) is 9.79. The normalized spacial score (nSPS) is 18.4. The average Bonchev–Trinajstić information content (AvgIpc) is 2.67. The number of hydrogen-bond acceptors (Lipinski definition) is 5. The van der Waals surface area contributed by atoms with Crippen molar-refractivity contribution in [2.45, 2.75) is 0 Å². The van der Waals surface area contributed by atoms with E-state index in [1.807, 2.05) is 0 Å². The molecule has 6 heteroatoms. The lowest BCUT2D eigenvalue weighted by Gasteiger charge is -2.25. The van der Waals surface area contributed by atoms with Crippen molar-refractivity contribution in [3.8, 4) is 0 Å². The Hall–Kier alpha value is -0.750. The summed E-state index contributed by atoms with van der Waals surface area (Å²) in [7, 11) is -0.664. The van der Waals surface area contributed by atoms with Crippen molar-refractivity contribution in [3.05, 3.63) is 11.1 Å². The first-order valence-corrected chi connectivity index (χ1v) is 6.61. The molecule has 1 fully saturated rings. The van der Waals surface area contributed by atoms with E-state index < -0.39 is 10.8 Å². The van der Waals surface area contributed by atoms with Crippen LogP contribution in [0.15, 0.2) is 6.20 Å². The maximum Gasteiger partial charge on any atom is 0.185 e. The van der Waals surface area contributed by atoms with Crippen molar-refractivity contribution in [2.24, 2.45) is 0 Å². The fourth-order valence-electron chi connectivity index (χ4n) is 1.31. The summed E-state index contributed by atoms with van der Waals surface area (Å²) in [6.07, 6.45) is 2.39. The van der Waals surface area contributed by atoms with E-state index in [0.29, 0.717) is 16.4 Å². The van der Waals surface area contributed by atoms with E-state index in [-0.39, 0.29) is 0 Å². The highest BCUT2D eigenvalue weighted by Crippen LogP contribution is 2.22. The number of aldehydes is 1. The van der Waals surface area contributed by atoms with Crippen LogP contribution < -0.4 is 4.90 Å². The molecule has 2 heterocycles. The first-order valence-electron chi connectivity index (χ1n) is 4.30. The summed E-state index contributed by atoms with van der Waals surface area (Å²) in [5.41, 5.74) is 0. The van der Waals surface area contributed by atoms with Gasteiger partial charge in [-0.05, 0) is 0 Å². The molecule has 1 aromatic rings. The predicted molar refractivity (Wildman–Crippen MR) is 57.6 cm³/mol. The number of rotatable bonds is 2. The van der Waals surface area contributed by atoms with Crippen molar-refractivity contribution >= 4 is 33.6 Å². The fraction of sp³-hybridized carbons (Fsp3) is 0.500. The SMILES string of the molecule is O=Cc1cnc(N2CCS(=O)CC2)s1. The predicted octanol–water partition coefficient (Wildman–Crippen LogP) is 0.524. The van der Waals surface area contributed by atoms with Gasteiger partial charge in [-0.25, -0.2) is 4.98 Å². The molecule has 0 unspecified atom stereocenters. The molecule has 0 N–H and O–H groups in total. The number of thiazole rings is 1. The Balaban J connectivity index is 2.07. The molecule has 14 heavy (non-hydrogen) atoms. The van der Waals surface area contributed by atoms with E-state index in [0.717, 1.165) is 24.5 Å². The molecule has 0 bridgehead atoms. The summed E-state index contributed by atoms with van der Waals surface area (Å²) in [6.45, 7) is 1.55. The highest BCUT2D eigenvalue weighted by Gasteiger charge is 2.17. The number of aromatic nitrogens is 1. The zero-order valence-corrected chi connectivity index (χ0v) is 9.14. The van der Waals surface area contributed by atoms with Crippen LogP contribution in [0.3, 0.4) is 0 Å². The van der Waals surface area contributed by atoms with Crippen LogP contribution in [0.1, 0.15) is 9.67 Å². The Labute approximate surface area is 88.4 Å². The quantitative estimate of drug-likeness (QED) is 0.695. The average molecular weight is 230 g/mol. The van der Waals surface area contributed by atoms with Gasteiger partial charge in [0.05, 0.1) is 11.1 Å². The minimum Gasteiger partial charge on any atom is -0.346 e. The molecule has 0 amide bonds. The van der Waals surface area contributed by atoms with Gasteiger partial charge in [0.2, 0.25) is 0 Å². The molecular formula is C8H10N2O2S2. The third-order valence-electron chi connectivity index (χ3n) is 2.08. The van der Waals surface area contributed by atoms with Crippen LogP contribution in [0.2, 0.25) is 0 Å². The molecule has 0 saturated carbocycles. The lowest BCUT2D eigenvalue weighted by Crippen LogP contribution is -2.37. The van der Waals surface area contributed by atoms with E-state index in [2.05, 4.69) is 9.88 Å². The molecule has 1 saturated heterocycles. The van der Waals surface area contributed by atoms with Gasteiger partial charge in [-0.3, -0.25) is 9.00 Å². The van der Waals surface area contributed by atoms with Crippen LogP contribution >= 0.6 is 11.3 Å². The third-order valence-corrected chi connectivity index (χ3v) is 4.34. The summed E-state index contributed by atoms with van der Waals surface area (Å²) < 4.78 is 11.1. The van der Waals surface area contributed by atoms with Gasteiger partial charge in [0.25, 0.3) is 0 Å². The van der Waals surface area contributed by atoms with Crippen molar-refractivity contribution in [2.75, 3.05) is 29.5 Å². The number of nitrogens with zero attached hydrogens (tertiary/aromatic N) is 2. The van der Waals surface area contributed by atoms with Gasteiger partial charge in [0.15, 0.2) is 11.4 Å². The van der Waals surface area contributed by atoms with Crippen LogP contribution in [0.25, 0.3) is 0 Å². The van der Waals surface area contributed by atoms with Crippen molar-refractivity contribution < 1.29 is 9.00 Å². The second kappa shape index (κ2) is 4.18. The molecule has 1 aromatic heterocycles. The zero-order chi connectivity index (χ0) is 9.97. The molecular weight excluding hydrogens is 220 g/mol. The minimum absolute atomic E-state index is 0.645. The zero-order valence-electron chi connectivity index (χ0n) is 7.51. The summed E-state index contributed by atoms with van der Waals surface area (Å²) in [5, 5.41) is 0.865. The van der Waals surface area contributed by atoms with Crippen LogP contribution in [0.5, 0.6) is 0 Å². The third kappa shape index (κ3) is 2.01. The molecule has 0 aliphatic carbocycles. The van der Waals surface area contributed by atoms with E-state index in [9.17, 15) is 9.00 Å². The monoisotopic (exact) mass is 230 g/mol. The highest BCUT2D eigenvalue weighted by atomic mass is 32.2. The number of carbonyl (C=O) groups is 1. The standard InChI is InChI=1S/C8H10N2O2S2/c11-6-7-5-9-8(13-7)10-1-3-14(12)4-2-10/h5-6H,1-4H2. The van der Waals surface area contributed by atoms with Gasteiger partial charge in [0, 0.05) is 35.4 Å². The van der Waals surface area contributed by atoms with Crippen LogP contribution in [0.4, 0.5) is 5.13 Å². The Morgan fingerprint density at radius 1 is 1.50 bits per heavy atom. The topological polar surface area (TPSA) is 50.3 Å². The van der Waals surface area contributed by atoms with E-state index in [1.54, 1.807) is 6.20 Å². The van der Waals surface area contributed by atoms with Crippen molar-refractivity contribution in [3.63, 3.8) is 0 Å². The Morgan fingerprint density at radius 2 is 2.21 bits per heavy atom. The molecule has 0 aromatic carbocycles. The molecule has 2 rings (SSSR count). The largest absolute Gasteiger partial charge is 0.346 e. The van der Waals surface area contributed by atoms with Gasteiger partial charge in [0.1, 0.15) is 0 Å². The lowest BCUT2D eigenvalue weighted by molar-refractivity contribution is 0.112. The van der Waals surface area contributed by atoms with Gasteiger partial charge >= 0.3 is 0 Å². The fourth-order valence-corrected chi connectivity index (χ4v) is 3.14. The van der Waals surface area contributed by atoms with Crippen LogP contribution in [-0.4, -0.2) is 40.1 Å². The van der Waals surface area contributed by atoms with Crippen LogP contribution in [-0.2, 0) is 10.8 Å². The molecule has 1 aliphatic rings. The van der Waals surface area contributed by atoms with Gasteiger partial charge in [-0.2, -0.15) is 0 Å². The number of hydrogen-bond donors (Lipinski definition) is 0. The molecule has 4 nitrogen and oxygen atoms in total. The summed E-state index contributed by atoms with van der Waals surface area (Å²) in [5.74, 6) is 1.41. The van der Waals surface area contributed by atoms with E-state index in [1.165, 1.54) is 11.3 Å².